The molecule has 0 radical (unpaired) electrons. The lowest BCUT2D eigenvalue weighted by molar-refractivity contribution is 0.0924. The lowest BCUT2D eigenvalue weighted by Gasteiger charge is -2.33. The van der Waals surface area contributed by atoms with E-state index >= 15 is 0 Å². The molecule has 3 heterocycles. The van der Waals surface area contributed by atoms with Crippen LogP contribution in [0, 0.1) is 11.6 Å². The molecule has 28 heavy (non-hydrogen) atoms. The summed E-state index contributed by atoms with van der Waals surface area (Å²) in [5, 5.41) is 6.29. The molecule has 2 unspecified atom stereocenters. The van der Waals surface area contributed by atoms with E-state index < -0.39 is 11.6 Å². The molecule has 2 aromatic rings. The van der Waals surface area contributed by atoms with Gasteiger partial charge >= 0.3 is 0 Å². The van der Waals surface area contributed by atoms with Gasteiger partial charge in [-0.2, -0.15) is 0 Å². The molecule has 2 fully saturated rings. The number of amides is 1. The lowest BCUT2D eigenvalue weighted by Crippen LogP contribution is -2.50. The van der Waals surface area contributed by atoms with Crippen molar-refractivity contribution < 1.29 is 13.6 Å². The van der Waals surface area contributed by atoms with E-state index in [2.05, 4.69) is 20.5 Å². The summed E-state index contributed by atoms with van der Waals surface area (Å²) in [6.45, 7) is 3.35. The second-order valence-corrected chi connectivity index (χ2v) is 7.45. The van der Waals surface area contributed by atoms with Gasteiger partial charge in [-0.15, -0.1) is 0 Å². The Balaban J connectivity index is 1.46. The Morgan fingerprint density at radius 1 is 1.14 bits per heavy atom. The number of nitrogens with zero attached hydrogens (tertiary/aromatic N) is 2. The molecule has 0 saturated carbocycles. The summed E-state index contributed by atoms with van der Waals surface area (Å²) < 4.78 is 26.9. The van der Waals surface area contributed by atoms with Crippen LogP contribution in [-0.4, -0.2) is 43.1 Å². The van der Waals surface area contributed by atoms with Crippen molar-refractivity contribution in [3.05, 3.63) is 59.3 Å². The van der Waals surface area contributed by atoms with Crippen molar-refractivity contribution in [3.63, 3.8) is 0 Å². The fourth-order valence-corrected chi connectivity index (χ4v) is 4.06. The fraction of sp³-hybridized carbons (Fsp3) is 0.429. The molecule has 7 heteroatoms. The molecule has 2 aliphatic heterocycles. The molecular formula is C21H24F2N4O. The van der Waals surface area contributed by atoms with Crippen molar-refractivity contribution in [3.8, 4) is 0 Å². The van der Waals surface area contributed by atoms with Gasteiger partial charge in [0, 0.05) is 37.8 Å². The molecule has 2 saturated heterocycles. The van der Waals surface area contributed by atoms with Gasteiger partial charge in [0.15, 0.2) is 11.6 Å². The van der Waals surface area contributed by atoms with E-state index in [4.69, 9.17) is 0 Å². The molecule has 2 N–H and O–H groups in total. The number of rotatable bonds is 4. The molecule has 0 spiro atoms. The minimum absolute atomic E-state index is 0.0721. The third-order valence-electron chi connectivity index (χ3n) is 5.61. The van der Waals surface area contributed by atoms with E-state index in [1.165, 1.54) is 18.9 Å². The van der Waals surface area contributed by atoms with Gasteiger partial charge in [-0.1, -0.05) is 6.07 Å². The normalized spacial score (nSPS) is 22.3. The van der Waals surface area contributed by atoms with E-state index in [1.807, 2.05) is 6.07 Å². The Morgan fingerprint density at radius 2 is 1.96 bits per heavy atom. The maximum absolute atomic E-state index is 13.7. The average molecular weight is 386 g/mol. The number of hydrogen-bond donors (Lipinski definition) is 2. The van der Waals surface area contributed by atoms with Crippen LogP contribution in [0.5, 0.6) is 0 Å². The highest BCUT2D eigenvalue weighted by atomic mass is 19.2. The summed E-state index contributed by atoms with van der Waals surface area (Å²) in [7, 11) is 0. The third kappa shape index (κ3) is 3.99. The van der Waals surface area contributed by atoms with Gasteiger partial charge in [0.1, 0.15) is 5.82 Å². The molecule has 1 amide bonds. The molecule has 2 aliphatic rings. The minimum atomic E-state index is -0.859. The smallest absolute Gasteiger partial charge is 0.253 e. The zero-order chi connectivity index (χ0) is 19.5. The number of benzene rings is 1. The number of carbonyl (C=O) groups excluding carboxylic acids is 1. The number of piperidine rings is 1. The van der Waals surface area contributed by atoms with E-state index in [1.54, 1.807) is 18.3 Å². The summed E-state index contributed by atoms with van der Waals surface area (Å²) in [5.41, 5.74) is 1.20. The Labute approximate surface area is 163 Å². The van der Waals surface area contributed by atoms with Gasteiger partial charge in [-0.3, -0.25) is 4.79 Å². The Hall–Kier alpha value is -2.54. The molecule has 1 aromatic carbocycles. The summed E-state index contributed by atoms with van der Waals surface area (Å²) in [4.78, 5) is 19.4. The van der Waals surface area contributed by atoms with Crippen molar-refractivity contribution >= 4 is 11.7 Å². The first kappa shape index (κ1) is 18.8. The van der Waals surface area contributed by atoms with Crippen molar-refractivity contribution in [2.45, 2.75) is 31.2 Å². The van der Waals surface area contributed by atoms with Crippen molar-refractivity contribution in [1.82, 2.24) is 15.6 Å². The molecule has 0 aliphatic carbocycles. The van der Waals surface area contributed by atoms with Crippen LogP contribution in [0.3, 0.4) is 0 Å². The van der Waals surface area contributed by atoms with Gasteiger partial charge in [0.25, 0.3) is 5.91 Å². The topological polar surface area (TPSA) is 57.3 Å². The van der Waals surface area contributed by atoms with Gasteiger partial charge in [-0.25, -0.2) is 13.8 Å². The highest BCUT2D eigenvalue weighted by Crippen LogP contribution is 2.27. The van der Waals surface area contributed by atoms with E-state index in [0.717, 1.165) is 37.9 Å². The molecule has 5 nitrogen and oxygen atoms in total. The number of halogens is 2. The first-order valence-electron chi connectivity index (χ1n) is 9.79. The predicted octanol–water partition coefficient (Wildman–Crippen LogP) is 2.84. The number of aromatic nitrogens is 1. The summed E-state index contributed by atoms with van der Waals surface area (Å²) in [5.74, 6) is -1.10. The van der Waals surface area contributed by atoms with Crippen LogP contribution in [0.15, 0.2) is 36.5 Å². The van der Waals surface area contributed by atoms with Crippen LogP contribution in [0.4, 0.5) is 14.6 Å². The first-order valence-corrected chi connectivity index (χ1v) is 9.79. The Bertz CT molecular complexity index is 837. The monoisotopic (exact) mass is 386 g/mol. The molecular weight excluding hydrogens is 362 g/mol. The molecule has 148 valence electrons. The van der Waals surface area contributed by atoms with Crippen LogP contribution in [0.2, 0.25) is 0 Å². The van der Waals surface area contributed by atoms with Gasteiger partial charge in [0.05, 0.1) is 5.56 Å². The average Bonchev–Trinajstić information content (AvgIpc) is 3.25. The molecule has 0 bridgehead atoms. The van der Waals surface area contributed by atoms with E-state index in [-0.39, 0.29) is 17.9 Å². The quantitative estimate of drug-likeness (QED) is 0.849. The minimum Gasteiger partial charge on any atom is -0.357 e. The van der Waals surface area contributed by atoms with Crippen molar-refractivity contribution in [2.75, 3.05) is 31.1 Å². The van der Waals surface area contributed by atoms with Crippen molar-refractivity contribution in [1.29, 1.82) is 0 Å². The van der Waals surface area contributed by atoms with Gasteiger partial charge in [-0.05, 0) is 55.6 Å². The third-order valence-corrected chi connectivity index (χ3v) is 5.61. The Kier molecular flexibility index (Phi) is 5.52. The highest BCUT2D eigenvalue weighted by molar-refractivity contribution is 5.94. The van der Waals surface area contributed by atoms with Crippen LogP contribution >= 0.6 is 0 Å². The van der Waals surface area contributed by atoms with E-state index in [0.29, 0.717) is 17.7 Å². The van der Waals surface area contributed by atoms with E-state index in [9.17, 15) is 13.6 Å². The number of carbonyl (C=O) groups is 1. The van der Waals surface area contributed by atoms with Crippen LogP contribution < -0.4 is 15.5 Å². The van der Waals surface area contributed by atoms with Gasteiger partial charge in [0.2, 0.25) is 0 Å². The Morgan fingerprint density at radius 3 is 2.68 bits per heavy atom. The maximum atomic E-state index is 13.7. The summed E-state index contributed by atoms with van der Waals surface area (Å²) in [6, 6.07) is 7.44. The molecule has 4 rings (SSSR count). The second-order valence-electron chi connectivity index (χ2n) is 7.45. The molecule has 2 atom stereocenters. The van der Waals surface area contributed by atoms with Crippen molar-refractivity contribution in [2.24, 2.45) is 0 Å². The van der Waals surface area contributed by atoms with Crippen LogP contribution in [0.25, 0.3) is 0 Å². The number of anilines is 1. The first-order chi connectivity index (χ1) is 13.6. The highest BCUT2D eigenvalue weighted by Gasteiger charge is 2.28. The summed E-state index contributed by atoms with van der Waals surface area (Å²) in [6.07, 6.45) is 4.68. The summed E-state index contributed by atoms with van der Waals surface area (Å²) >= 11 is 0. The zero-order valence-corrected chi connectivity index (χ0v) is 15.6. The van der Waals surface area contributed by atoms with Crippen LogP contribution in [-0.2, 0) is 0 Å². The maximum Gasteiger partial charge on any atom is 0.253 e. The standard InChI is InChI=1S/C21H24F2N4O/c22-17-5-3-14(11-18(17)23)16-7-8-24-13-19(16)26-21(28)15-4-6-20(25-12-15)27-9-1-2-10-27/h3-6,11-12,16,19,24H,1-2,7-10,13H2,(H,26,28). The number of nitrogens with one attached hydrogen (secondary N) is 2. The lowest BCUT2D eigenvalue weighted by atomic mass is 9.86. The number of hydrogen-bond acceptors (Lipinski definition) is 4. The SMILES string of the molecule is O=C(NC1CNCCC1c1ccc(F)c(F)c1)c1ccc(N2CCCC2)nc1. The van der Waals surface area contributed by atoms with Gasteiger partial charge < -0.3 is 15.5 Å². The second kappa shape index (κ2) is 8.22. The number of pyridine rings is 1. The fourth-order valence-electron chi connectivity index (χ4n) is 4.06. The van der Waals surface area contributed by atoms with Crippen LogP contribution in [0.1, 0.15) is 41.1 Å². The predicted molar refractivity (Wildman–Crippen MR) is 104 cm³/mol. The molecule has 1 aromatic heterocycles. The zero-order valence-electron chi connectivity index (χ0n) is 15.6. The largest absolute Gasteiger partial charge is 0.357 e.